The molecule has 6 heteroatoms. The summed E-state index contributed by atoms with van der Waals surface area (Å²) in [6.45, 7) is 2.24. The maximum absolute atomic E-state index is 12.8. The number of nitrogens with zero attached hydrogens (tertiary/aromatic N) is 2. The van der Waals surface area contributed by atoms with Gasteiger partial charge in [-0.25, -0.2) is 4.98 Å². The minimum absolute atomic E-state index is 0.0852. The van der Waals surface area contributed by atoms with Crippen LogP contribution in [0.4, 0.5) is 0 Å². The predicted molar refractivity (Wildman–Crippen MR) is 91.9 cm³/mol. The quantitative estimate of drug-likeness (QED) is 0.831. The number of thiazole rings is 1. The van der Waals surface area contributed by atoms with Gasteiger partial charge in [-0.1, -0.05) is 18.2 Å². The van der Waals surface area contributed by atoms with Gasteiger partial charge < -0.3 is 9.64 Å². The first-order valence-electron chi connectivity index (χ1n) is 7.88. The fourth-order valence-electron chi connectivity index (χ4n) is 2.96. The Hall–Kier alpha value is -1.37. The van der Waals surface area contributed by atoms with Gasteiger partial charge in [-0.3, -0.25) is 4.79 Å². The molecular weight excluding hydrogens is 328 g/mol. The van der Waals surface area contributed by atoms with E-state index in [1.807, 2.05) is 22.7 Å². The van der Waals surface area contributed by atoms with E-state index in [9.17, 15) is 4.79 Å². The lowest BCUT2D eigenvalue weighted by molar-refractivity contribution is 0.0759. The van der Waals surface area contributed by atoms with E-state index >= 15 is 0 Å². The van der Waals surface area contributed by atoms with Crippen molar-refractivity contribution in [1.29, 1.82) is 0 Å². The maximum atomic E-state index is 12.8. The number of hydrogen-bond donors (Lipinski definition) is 0. The van der Waals surface area contributed by atoms with Crippen molar-refractivity contribution in [2.75, 3.05) is 18.9 Å². The number of aromatic nitrogens is 1. The molecule has 2 aromatic rings. The Morgan fingerprint density at radius 2 is 2.26 bits per heavy atom. The van der Waals surface area contributed by atoms with Crippen LogP contribution in [0, 0.1) is 0 Å². The van der Waals surface area contributed by atoms with Crippen LogP contribution in [0.25, 0.3) is 0 Å². The van der Waals surface area contributed by atoms with Gasteiger partial charge in [0.15, 0.2) is 0 Å². The normalized spacial score (nSPS) is 21.0. The molecule has 0 aliphatic carbocycles. The van der Waals surface area contributed by atoms with E-state index < -0.39 is 0 Å². The van der Waals surface area contributed by atoms with Crippen LogP contribution in [0.1, 0.15) is 39.2 Å². The van der Waals surface area contributed by atoms with Crippen molar-refractivity contribution in [3.05, 3.63) is 45.9 Å². The average Bonchev–Trinajstić information content (AvgIpc) is 3.21. The first-order valence-corrected chi connectivity index (χ1v) is 9.69. The molecule has 1 amide bonds. The number of fused-ring (bicyclic) bond motifs is 1. The summed E-state index contributed by atoms with van der Waals surface area (Å²) in [4.78, 5) is 21.2. The van der Waals surface area contributed by atoms with Crippen molar-refractivity contribution >= 4 is 29.0 Å². The standard InChI is InChI=1S/C17H18N2O2S2/c20-17(15-10-18-16(23-15)13-5-3-8-21-13)19-7-9-22-14-6-2-1-4-12(14)11-19/h1-2,4,6,10,13H,3,5,7-9,11H2/t13-/m1/s1. The number of hydrogen-bond acceptors (Lipinski definition) is 5. The molecule has 0 unspecified atom stereocenters. The number of benzene rings is 1. The van der Waals surface area contributed by atoms with Gasteiger partial charge in [-0.15, -0.1) is 23.1 Å². The Bertz CT molecular complexity index is 710. The van der Waals surface area contributed by atoms with Crippen molar-refractivity contribution < 1.29 is 9.53 Å². The van der Waals surface area contributed by atoms with E-state index in [2.05, 4.69) is 23.2 Å². The second-order valence-electron chi connectivity index (χ2n) is 5.75. The largest absolute Gasteiger partial charge is 0.371 e. The van der Waals surface area contributed by atoms with Crippen molar-refractivity contribution in [3.63, 3.8) is 0 Å². The van der Waals surface area contributed by atoms with E-state index in [4.69, 9.17) is 4.74 Å². The van der Waals surface area contributed by atoms with Gasteiger partial charge in [0, 0.05) is 30.3 Å². The molecule has 120 valence electrons. The highest BCUT2D eigenvalue weighted by Gasteiger charge is 2.25. The van der Waals surface area contributed by atoms with E-state index in [0.717, 1.165) is 41.6 Å². The smallest absolute Gasteiger partial charge is 0.265 e. The molecule has 1 saturated heterocycles. The minimum atomic E-state index is 0.0852. The number of carbonyl (C=O) groups excluding carboxylic acids is 1. The number of thioether (sulfide) groups is 1. The van der Waals surface area contributed by atoms with Gasteiger partial charge in [-0.05, 0) is 24.5 Å². The third kappa shape index (κ3) is 3.16. The zero-order valence-corrected chi connectivity index (χ0v) is 14.4. The molecule has 4 rings (SSSR count). The molecule has 3 heterocycles. The lowest BCUT2D eigenvalue weighted by atomic mass is 10.2. The van der Waals surface area contributed by atoms with Crippen LogP contribution in [0.3, 0.4) is 0 Å². The lowest BCUT2D eigenvalue weighted by Gasteiger charge is -2.19. The van der Waals surface area contributed by atoms with E-state index in [-0.39, 0.29) is 12.0 Å². The topological polar surface area (TPSA) is 42.4 Å². The molecule has 1 aromatic carbocycles. The SMILES string of the molecule is O=C(c1cnc([C@H]2CCCO2)s1)N1CCSc2ccccc2C1. The van der Waals surface area contributed by atoms with Gasteiger partial charge >= 0.3 is 0 Å². The molecular formula is C17H18N2O2S2. The van der Waals surface area contributed by atoms with Crippen molar-refractivity contribution in [3.8, 4) is 0 Å². The van der Waals surface area contributed by atoms with Crippen molar-refractivity contribution in [2.24, 2.45) is 0 Å². The molecule has 2 aliphatic heterocycles. The highest BCUT2D eigenvalue weighted by molar-refractivity contribution is 7.99. The van der Waals surface area contributed by atoms with Crippen LogP contribution in [0.2, 0.25) is 0 Å². The maximum Gasteiger partial charge on any atom is 0.265 e. The van der Waals surface area contributed by atoms with Gasteiger partial charge in [-0.2, -0.15) is 0 Å². The molecule has 2 aliphatic rings. The molecule has 1 atom stereocenters. The number of ether oxygens (including phenoxy) is 1. The summed E-state index contributed by atoms with van der Waals surface area (Å²) in [5, 5.41) is 0.940. The molecule has 0 radical (unpaired) electrons. The van der Waals surface area contributed by atoms with Crippen molar-refractivity contribution in [2.45, 2.75) is 30.4 Å². The number of carbonyl (C=O) groups is 1. The summed E-state index contributed by atoms with van der Waals surface area (Å²) >= 11 is 3.31. The fraction of sp³-hybridized carbons (Fsp3) is 0.412. The highest BCUT2D eigenvalue weighted by Crippen LogP contribution is 2.33. The van der Waals surface area contributed by atoms with Gasteiger partial charge in [0.2, 0.25) is 0 Å². The number of amides is 1. The fourth-order valence-corrected chi connectivity index (χ4v) is 4.96. The van der Waals surface area contributed by atoms with Gasteiger partial charge in [0.1, 0.15) is 16.0 Å². The zero-order valence-electron chi connectivity index (χ0n) is 12.7. The first-order chi connectivity index (χ1) is 11.3. The van der Waals surface area contributed by atoms with E-state index in [1.165, 1.54) is 21.8 Å². The van der Waals surface area contributed by atoms with Gasteiger partial charge in [0.05, 0.1) is 6.20 Å². The second kappa shape index (κ2) is 6.63. The molecule has 0 saturated carbocycles. The van der Waals surface area contributed by atoms with Crippen LogP contribution in [0.15, 0.2) is 35.4 Å². The highest BCUT2D eigenvalue weighted by atomic mass is 32.2. The first kappa shape index (κ1) is 15.2. The molecule has 0 spiro atoms. The summed E-state index contributed by atoms with van der Waals surface area (Å²) in [5.41, 5.74) is 1.23. The third-order valence-electron chi connectivity index (χ3n) is 4.18. The summed E-state index contributed by atoms with van der Waals surface area (Å²) in [6.07, 6.45) is 3.89. The van der Waals surface area contributed by atoms with E-state index in [0.29, 0.717) is 6.54 Å². The Labute approximate surface area is 143 Å². The van der Waals surface area contributed by atoms with Crippen LogP contribution in [-0.4, -0.2) is 34.7 Å². The Kier molecular flexibility index (Phi) is 4.37. The Morgan fingerprint density at radius 3 is 3.13 bits per heavy atom. The molecule has 4 nitrogen and oxygen atoms in total. The summed E-state index contributed by atoms with van der Waals surface area (Å²) in [6, 6.07) is 8.34. The molecule has 0 bridgehead atoms. The summed E-state index contributed by atoms with van der Waals surface area (Å²) in [5.74, 6) is 1.02. The van der Waals surface area contributed by atoms with Crippen LogP contribution < -0.4 is 0 Å². The summed E-state index contributed by atoms with van der Waals surface area (Å²) < 4.78 is 5.66. The van der Waals surface area contributed by atoms with Crippen LogP contribution in [-0.2, 0) is 11.3 Å². The van der Waals surface area contributed by atoms with Crippen molar-refractivity contribution in [1.82, 2.24) is 9.88 Å². The van der Waals surface area contributed by atoms with Crippen LogP contribution >= 0.6 is 23.1 Å². The molecule has 23 heavy (non-hydrogen) atoms. The Balaban J connectivity index is 1.52. The predicted octanol–water partition coefficient (Wildman–Crippen LogP) is 3.74. The third-order valence-corrected chi connectivity index (χ3v) is 6.35. The average molecular weight is 346 g/mol. The molecule has 1 fully saturated rings. The number of rotatable bonds is 2. The van der Waals surface area contributed by atoms with Gasteiger partial charge in [0.25, 0.3) is 5.91 Å². The minimum Gasteiger partial charge on any atom is -0.371 e. The monoisotopic (exact) mass is 346 g/mol. The molecule has 0 N–H and O–H groups in total. The van der Waals surface area contributed by atoms with Crippen LogP contribution in [0.5, 0.6) is 0 Å². The van der Waals surface area contributed by atoms with E-state index in [1.54, 1.807) is 6.20 Å². The zero-order chi connectivity index (χ0) is 15.6. The Morgan fingerprint density at radius 1 is 1.35 bits per heavy atom. The molecule has 1 aromatic heterocycles. The summed E-state index contributed by atoms with van der Waals surface area (Å²) in [7, 11) is 0. The lowest BCUT2D eigenvalue weighted by Crippen LogP contribution is -2.31. The second-order valence-corrected chi connectivity index (χ2v) is 7.95.